The van der Waals surface area contributed by atoms with Gasteiger partial charge in [0.05, 0.1) is 5.92 Å². The number of ketones is 1. The van der Waals surface area contributed by atoms with E-state index in [0.29, 0.717) is 0 Å². The molecule has 1 aliphatic rings. The maximum Gasteiger partial charge on any atom is 0.349 e. The highest BCUT2D eigenvalue weighted by molar-refractivity contribution is 6.07. The summed E-state index contributed by atoms with van der Waals surface area (Å²) in [5.41, 5.74) is -2.21. The molecule has 3 atom stereocenters. The summed E-state index contributed by atoms with van der Waals surface area (Å²) in [5.74, 6) is -3.36. The molecule has 0 aromatic rings. The highest BCUT2D eigenvalue weighted by Gasteiger charge is 2.59. The van der Waals surface area contributed by atoms with Crippen LogP contribution in [0.2, 0.25) is 0 Å². The van der Waals surface area contributed by atoms with Gasteiger partial charge in [-0.25, -0.2) is 4.79 Å². The molecule has 0 unspecified atom stereocenters. The van der Waals surface area contributed by atoms with Gasteiger partial charge in [0.2, 0.25) is 5.60 Å². The minimum absolute atomic E-state index is 0.646. The summed E-state index contributed by atoms with van der Waals surface area (Å²) in [7, 11) is 0. The predicted octanol–water partition coefficient (Wildman–Crippen LogP) is -0.611. The quantitative estimate of drug-likeness (QED) is 0.489. The van der Waals surface area contributed by atoms with Crippen molar-refractivity contribution in [2.24, 2.45) is 5.92 Å². The van der Waals surface area contributed by atoms with E-state index in [1.54, 1.807) is 0 Å². The average molecular weight is 216 g/mol. The molecular formula is C9H12O6. The summed E-state index contributed by atoms with van der Waals surface area (Å²) >= 11 is 0. The second-order valence-electron chi connectivity index (χ2n) is 3.49. The van der Waals surface area contributed by atoms with Gasteiger partial charge in [-0.05, 0) is 6.92 Å². The van der Waals surface area contributed by atoms with Gasteiger partial charge < -0.3 is 14.6 Å². The van der Waals surface area contributed by atoms with Crippen molar-refractivity contribution in [1.29, 1.82) is 0 Å². The molecule has 1 aliphatic heterocycles. The second kappa shape index (κ2) is 3.62. The van der Waals surface area contributed by atoms with Gasteiger partial charge in [0.1, 0.15) is 0 Å². The molecule has 15 heavy (non-hydrogen) atoms. The monoisotopic (exact) mass is 216 g/mol. The molecule has 0 saturated carbocycles. The maximum absolute atomic E-state index is 11.3. The number of hydrogen-bond acceptors (Lipinski definition) is 6. The van der Waals surface area contributed by atoms with Crippen molar-refractivity contribution in [1.82, 2.24) is 0 Å². The van der Waals surface area contributed by atoms with Crippen LogP contribution in [-0.4, -0.2) is 34.7 Å². The van der Waals surface area contributed by atoms with Crippen LogP contribution in [0.5, 0.6) is 0 Å². The first-order valence-corrected chi connectivity index (χ1v) is 4.41. The van der Waals surface area contributed by atoms with Gasteiger partial charge >= 0.3 is 11.9 Å². The maximum atomic E-state index is 11.3. The minimum atomic E-state index is -2.21. The third-order valence-electron chi connectivity index (χ3n) is 2.42. The molecule has 0 radical (unpaired) electrons. The van der Waals surface area contributed by atoms with Crippen molar-refractivity contribution >= 4 is 17.7 Å². The van der Waals surface area contributed by atoms with Crippen molar-refractivity contribution in [2.75, 3.05) is 0 Å². The Morgan fingerprint density at radius 2 is 2.00 bits per heavy atom. The Morgan fingerprint density at radius 1 is 1.47 bits per heavy atom. The summed E-state index contributed by atoms with van der Waals surface area (Å²) in [6.07, 6.45) is -1.20. The van der Waals surface area contributed by atoms with Crippen LogP contribution in [0.3, 0.4) is 0 Å². The molecule has 1 heterocycles. The van der Waals surface area contributed by atoms with E-state index in [4.69, 9.17) is 0 Å². The average Bonchev–Trinajstić information content (AvgIpc) is 2.31. The Labute approximate surface area is 86.2 Å². The fraction of sp³-hybridized carbons (Fsp3) is 0.667. The fourth-order valence-electron chi connectivity index (χ4n) is 1.43. The van der Waals surface area contributed by atoms with Crippen LogP contribution in [-0.2, 0) is 23.9 Å². The Bertz CT molecular complexity index is 323. The van der Waals surface area contributed by atoms with Crippen LogP contribution >= 0.6 is 0 Å². The zero-order chi connectivity index (χ0) is 11.8. The smallest absolute Gasteiger partial charge is 0.349 e. The van der Waals surface area contributed by atoms with Gasteiger partial charge in [-0.2, -0.15) is 0 Å². The van der Waals surface area contributed by atoms with E-state index in [2.05, 4.69) is 9.47 Å². The molecule has 0 amide bonds. The van der Waals surface area contributed by atoms with Crippen LogP contribution in [0.1, 0.15) is 20.8 Å². The Balaban J connectivity index is 2.92. The first-order chi connectivity index (χ1) is 6.80. The number of carbonyl (C=O) groups excluding carboxylic acids is 3. The number of ether oxygens (including phenoxy) is 2. The van der Waals surface area contributed by atoms with Gasteiger partial charge in [-0.1, -0.05) is 6.92 Å². The summed E-state index contributed by atoms with van der Waals surface area (Å²) in [5, 5.41) is 9.77. The third kappa shape index (κ3) is 1.72. The lowest BCUT2D eigenvalue weighted by molar-refractivity contribution is -0.179. The summed E-state index contributed by atoms with van der Waals surface area (Å²) in [6.45, 7) is 3.62. The second-order valence-corrected chi connectivity index (χ2v) is 3.49. The van der Waals surface area contributed by atoms with E-state index in [1.165, 1.54) is 6.92 Å². The molecule has 1 fully saturated rings. The van der Waals surface area contributed by atoms with Crippen molar-refractivity contribution in [3.63, 3.8) is 0 Å². The Morgan fingerprint density at radius 3 is 2.33 bits per heavy atom. The van der Waals surface area contributed by atoms with Crippen molar-refractivity contribution in [2.45, 2.75) is 32.7 Å². The lowest BCUT2D eigenvalue weighted by Gasteiger charge is -2.20. The Kier molecular flexibility index (Phi) is 2.81. The van der Waals surface area contributed by atoms with Crippen LogP contribution in [0.4, 0.5) is 0 Å². The molecule has 84 valence electrons. The SMILES string of the molecule is CC(=O)O[C@@H]1OC(=O)[C@@](O)(C(C)=O)[C@@H]1C. The van der Waals surface area contributed by atoms with Crippen molar-refractivity contribution in [3.8, 4) is 0 Å². The molecule has 0 spiro atoms. The van der Waals surface area contributed by atoms with E-state index < -0.39 is 35.5 Å². The zero-order valence-corrected chi connectivity index (χ0v) is 8.64. The molecule has 1 rings (SSSR count). The number of esters is 2. The highest BCUT2D eigenvalue weighted by atomic mass is 16.7. The van der Waals surface area contributed by atoms with Crippen LogP contribution in [0.25, 0.3) is 0 Å². The normalized spacial score (nSPS) is 34.8. The fourth-order valence-corrected chi connectivity index (χ4v) is 1.43. The van der Waals surface area contributed by atoms with E-state index in [1.807, 2.05) is 0 Å². The number of cyclic esters (lactones) is 1. The molecule has 0 aromatic heterocycles. The number of Topliss-reactive ketones (excluding diaryl/α,β-unsaturated/α-hetero) is 1. The molecule has 6 nitrogen and oxygen atoms in total. The topological polar surface area (TPSA) is 89.9 Å². The first-order valence-electron chi connectivity index (χ1n) is 4.41. The lowest BCUT2D eigenvalue weighted by Crippen LogP contribution is -2.47. The van der Waals surface area contributed by atoms with E-state index in [9.17, 15) is 19.5 Å². The molecule has 0 aromatic carbocycles. The van der Waals surface area contributed by atoms with Gasteiger partial charge in [0.15, 0.2) is 5.78 Å². The van der Waals surface area contributed by atoms with Crippen LogP contribution in [0.15, 0.2) is 0 Å². The summed E-state index contributed by atoms with van der Waals surface area (Å²) < 4.78 is 9.25. The summed E-state index contributed by atoms with van der Waals surface area (Å²) in [6, 6.07) is 0. The molecule has 1 saturated heterocycles. The predicted molar refractivity (Wildman–Crippen MR) is 46.4 cm³/mol. The largest absolute Gasteiger partial charge is 0.425 e. The van der Waals surface area contributed by atoms with E-state index in [0.717, 1.165) is 13.8 Å². The number of carbonyl (C=O) groups is 3. The van der Waals surface area contributed by atoms with Gasteiger partial charge in [-0.15, -0.1) is 0 Å². The van der Waals surface area contributed by atoms with Crippen LogP contribution in [0, 0.1) is 5.92 Å². The first kappa shape index (κ1) is 11.6. The standard InChI is InChI=1S/C9H12O6/c1-4-7(14-6(3)11)15-8(12)9(4,13)5(2)10/h4,7,13H,1-3H3/t4-,7-,9+/m1/s1. The zero-order valence-electron chi connectivity index (χ0n) is 8.64. The molecular weight excluding hydrogens is 204 g/mol. The number of hydrogen-bond donors (Lipinski definition) is 1. The Hall–Kier alpha value is -1.43. The van der Waals surface area contributed by atoms with E-state index in [-0.39, 0.29) is 0 Å². The van der Waals surface area contributed by atoms with Crippen molar-refractivity contribution in [3.05, 3.63) is 0 Å². The van der Waals surface area contributed by atoms with Gasteiger partial charge in [0.25, 0.3) is 6.29 Å². The highest BCUT2D eigenvalue weighted by Crippen LogP contribution is 2.33. The van der Waals surface area contributed by atoms with E-state index >= 15 is 0 Å². The van der Waals surface area contributed by atoms with Gasteiger partial charge in [0, 0.05) is 6.92 Å². The molecule has 0 aliphatic carbocycles. The van der Waals surface area contributed by atoms with Gasteiger partial charge in [-0.3, -0.25) is 9.59 Å². The number of aliphatic hydroxyl groups is 1. The minimum Gasteiger partial charge on any atom is -0.425 e. The number of rotatable bonds is 2. The van der Waals surface area contributed by atoms with Crippen molar-refractivity contribution < 1.29 is 29.0 Å². The molecule has 1 N–H and O–H groups in total. The lowest BCUT2D eigenvalue weighted by atomic mass is 9.87. The molecule has 0 bridgehead atoms. The van der Waals surface area contributed by atoms with Crippen LogP contribution < -0.4 is 0 Å². The summed E-state index contributed by atoms with van der Waals surface area (Å²) in [4.78, 5) is 33.0. The third-order valence-corrected chi connectivity index (χ3v) is 2.42. The molecule has 6 heteroatoms.